The quantitative estimate of drug-likeness (QED) is 0.173. The molecule has 2 saturated heterocycles. The van der Waals surface area contributed by atoms with Crippen molar-refractivity contribution in [2.24, 2.45) is 11.8 Å². The van der Waals surface area contributed by atoms with Gasteiger partial charge in [-0.15, -0.1) is 0 Å². The van der Waals surface area contributed by atoms with Crippen LogP contribution in [0, 0.1) is 17.7 Å². The molecule has 0 saturated carbocycles. The fraction of sp³-hybridized carbons (Fsp3) is 0.548. The second kappa shape index (κ2) is 16.7. The van der Waals surface area contributed by atoms with Gasteiger partial charge in [0.05, 0.1) is 36.2 Å². The number of carboxylic acid groups (broad SMARTS) is 1. The number of nitrogens with one attached hydrogen (secondary N) is 1. The first-order valence-electron chi connectivity index (χ1n) is 15.6. The number of fused-ring (bicyclic) bond motifs is 1. The van der Waals surface area contributed by atoms with E-state index in [1.807, 2.05) is 0 Å². The Labute approximate surface area is 283 Å². The summed E-state index contributed by atoms with van der Waals surface area (Å²) in [5.41, 5.74) is 0.560. The largest absolute Gasteiger partial charge is 0.481 e. The Morgan fingerprint density at radius 1 is 1.08 bits per heavy atom. The summed E-state index contributed by atoms with van der Waals surface area (Å²) in [7, 11) is -8.58. The van der Waals surface area contributed by atoms with Crippen molar-refractivity contribution in [3.05, 3.63) is 59.9 Å². The summed E-state index contributed by atoms with van der Waals surface area (Å²) in [6, 6.07) is 9.31. The van der Waals surface area contributed by atoms with E-state index < -0.39 is 79.0 Å². The van der Waals surface area contributed by atoms with E-state index in [1.54, 1.807) is 26.0 Å². The van der Waals surface area contributed by atoms with E-state index in [0.717, 1.165) is 35.5 Å². The standard InChI is InChI=1S/C31H42FN2O13PS/c1-19(2)15-34(49(41,42)24-10-6-22(32)7-11-24)16-27(35)26(33-31(38)46-28-17-44-30-25(28)12-13-43-30)14-21-4-8-23(9-5-21)45-18-48(39,40)47-20(3)29(36)37/h4-11,19-20,25-28,30,35H,12-18H2,1-3H3,(H,33,38)(H,36,37)(H,39,40)/t20-,25-,26-,27+,28-,30+/m0/s1. The molecule has 2 aliphatic rings. The Morgan fingerprint density at radius 2 is 1.76 bits per heavy atom. The molecule has 4 N–H and O–H groups in total. The lowest BCUT2D eigenvalue weighted by Gasteiger charge is -2.31. The topological polar surface area (TPSA) is 207 Å². The van der Waals surface area contributed by atoms with E-state index >= 15 is 0 Å². The molecule has 49 heavy (non-hydrogen) atoms. The molecule has 7 atom stereocenters. The van der Waals surface area contributed by atoms with Crippen LogP contribution in [0.4, 0.5) is 9.18 Å². The second-order valence-electron chi connectivity index (χ2n) is 12.3. The van der Waals surface area contributed by atoms with Gasteiger partial charge in [0.25, 0.3) is 0 Å². The lowest BCUT2D eigenvalue weighted by atomic mass is 10.0. The number of halogens is 1. The number of nitrogens with zero attached hydrogens (tertiary/aromatic N) is 1. The highest BCUT2D eigenvalue weighted by atomic mass is 32.2. The van der Waals surface area contributed by atoms with Crippen molar-refractivity contribution >= 4 is 29.7 Å². The van der Waals surface area contributed by atoms with E-state index in [9.17, 15) is 37.0 Å². The minimum atomic E-state index is -4.40. The number of amides is 1. The van der Waals surface area contributed by atoms with Gasteiger partial charge in [-0.3, -0.25) is 9.09 Å². The Balaban J connectivity index is 1.50. The van der Waals surface area contributed by atoms with E-state index in [-0.39, 0.29) is 42.1 Å². The number of carbonyl (C=O) groups is 2. The maximum Gasteiger partial charge on any atom is 0.407 e. The number of aliphatic hydroxyl groups is 1. The van der Waals surface area contributed by atoms with E-state index in [0.29, 0.717) is 18.6 Å². The molecule has 15 nitrogen and oxygen atoms in total. The number of hydrogen-bond acceptors (Lipinski definition) is 11. The van der Waals surface area contributed by atoms with Crippen LogP contribution in [0.25, 0.3) is 0 Å². The van der Waals surface area contributed by atoms with Gasteiger partial charge in [-0.2, -0.15) is 4.31 Å². The maximum absolute atomic E-state index is 13.6. The number of hydrogen-bond donors (Lipinski definition) is 4. The van der Waals surface area contributed by atoms with Crippen LogP contribution in [0.1, 0.15) is 32.8 Å². The summed E-state index contributed by atoms with van der Waals surface area (Å²) < 4.78 is 80.7. The molecular formula is C31H42FN2O13PS. The molecule has 4 rings (SSSR count). The van der Waals surface area contributed by atoms with Crippen LogP contribution in [-0.4, -0.2) is 103 Å². The summed E-state index contributed by atoms with van der Waals surface area (Å²) in [5, 5.41) is 23.1. The monoisotopic (exact) mass is 732 g/mol. The molecule has 18 heteroatoms. The second-order valence-corrected chi connectivity index (χ2v) is 16.0. The van der Waals surface area contributed by atoms with Gasteiger partial charge in [0.15, 0.2) is 18.7 Å². The molecule has 2 heterocycles. The first kappa shape index (κ1) is 38.6. The van der Waals surface area contributed by atoms with Gasteiger partial charge in [0.2, 0.25) is 10.0 Å². The molecular weight excluding hydrogens is 690 g/mol. The molecule has 2 aliphatic heterocycles. The molecule has 2 fully saturated rings. The number of benzene rings is 2. The van der Waals surface area contributed by atoms with Crippen LogP contribution in [0.2, 0.25) is 0 Å². The van der Waals surface area contributed by atoms with Gasteiger partial charge in [0, 0.05) is 13.1 Å². The summed E-state index contributed by atoms with van der Waals surface area (Å²) in [5.74, 6) is -2.17. The fourth-order valence-corrected chi connectivity index (χ4v) is 7.96. The molecule has 0 bridgehead atoms. The number of ether oxygens (including phenoxy) is 4. The molecule has 2 aromatic rings. The van der Waals surface area contributed by atoms with Crippen molar-refractivity contribution in [3.63, 3.8) is 0 Å². The zero-order valence-corrected chi connectivity index (χ0v) is 28.9. The lowest BCUT2D eigenvalue weighted by Crippen LogP contribution is -2.51. The van der Waals surface area contributed by atoms with Crippen molar-refractivity contribution in [1.82, 2.24) is 9.62 Å². The third-order valence-electron chi connectivity index (χ3n) is 7.87. The maximum atomic E-state index is 13.6. The van der Waals surface area contributed by atoms with Crippen molar-refractivity contribution in [3.8, 4) is 5.75 Å². The van der Waals surface area contributed by atoms with Gasteiger partial charge in [0.1, 0.15) is 17.7 Å². The number of alkyl carbamates (subject to hydrolysis) is 1. The molecule has 0 aliphatic carbocycles. The van der Waals surface area contributed by atoms with Gasteiger partial charge in [-0.05, 0) is 67.6 Å². The molecule has 0 radical (unpaired) electrons. The lowest BCUT2D eigenvalue weighted by molar-refractivity contribution is -0.144. The van der Waals surface area contributed by atoms with E-state index in [2.05, 4.69) is 9.84 Å². The number of sulfonamides is 1. The predicted molar refractivity (Wildman–Crippen MR) is 171 cm³/mol. The smallest absolute Gasteiger partial charge is 0.407 e. The third kappa shape index (κ3) is 10.9. The molecule has 2 aromatic carbocycles. The van der Waals surface area contributed by atoms with Crippen molar-refractivity contribution in [2.75, 3.05) is 32.7 Å². The Morgan fingerprint density at radius 3 is 2.39 bits per heavy atom. The first-order valence-corrected chi connectivity index (χ1v) is 18.8. The zero-order valence-electron chi connectivity index (χ0n) is 27.2. The molecule has 272 valence electrons. The summed E-state index contributed by atoms with van der Waals surface area (Å²) in [4.78, 5) is 33.8. The SMILES string of the molecule is CC(C)CN(C[C@@H](O)[C@H](Cc1ccc(OCP(=O)(O)O[C@@H](C)C(=O)O)cc1)NC(=O)O[C@H]1CO[C@H]2OCC[C@H]21)S(=O)(=O)c1ccc(F)cc1. The highest BCUT2D eigenvalue weighted by Gasteiger charge is 2.44. The van der Waals surface area contributed by atoms with Crippen LogP contribution >= 0.6 is 7.60 Å². The van der Waals surface area contributed by atoms with Crippen LogP contribution < -0.4 is 10.1 Å². The van der Waals surface area contributed by atoms with E-state index in [1.165, 1.54) is 12.1 Å². The highest BCUT2D eigenvalue weighted by molar-refractivity contribution is 7.89. The van der Waals surface area contributed by atoms with Gasteiger partial charge in [-0.1, -0.05) is 26.0 Å². The van der Waals surface area contributed by atoms with Crippen LogP contribution in [0.3, 0.4) is 0 Å². The number of carbonyl (C=O) groups excluding carboxylic acids is 1. The Kier molecular flexibility index (Phi) is 13.2. The number of carboxylic acids is 1. The summed E-state index contributed by atoms with van der Waals surface area (Å²) >= 11 is 0. The fourth-order valence-electron chi connectivity index (χ4n) is 5.38. The van der Waals surface area contributed by atoms with Crippen molar-refractivity contribution < 1.29 is 65.5 Å². The minimum Gasteiger partial charge on any atom is -0.481 e. The minimum absolute atomic E-state index is 0.00325. The van der Waals surface area contributed by atoms with Crippen LogP contribution in [-0.2, 0) is 44.5 Å². The van der Waals surface area contributed by atoms with Crippen molar-refractivity contribution in [2.45, 2.75) is 69.2 Å². The average Bonchev–Trinajstić information content (AvgIpc) is 3.65. The van der Waals surface area contributed by atoms with Gasteiger partial charge in [-0.25, -0.2) is 22.4 Å². The summed E-state index contributed by atoms with van der Waals surface area (Å²) in [6.07, 6.45) is -5.05. The zero-order chi connectivity index (χ0) is 35.9. The normalized spacial score (nSPS) is 22.2. The van der Waals surface area contributed by atoms with Gasteiger partial charge >= 0.3 is 19.7 Å². The molecule has 0 spiro atoms. The van der Waals surface area contributed by atoms with Crippen LogP contribution in [0.5, 0.6) is 5.75 Å². The summed E-state index contributed by atoms with van der Waals surface area (Å²) in [6.45, 7) is 4.91. The average molecular weight is 733 g/mol. The molecule has 1 unspecified atom stereocenters. The van der Waals surface area contributed by atoms with E-state index in [4.69, 9.17) is 24.1 Å². The Hall–Kier alpha value is -3.15. The number of aliphatic hydroxyl groups excluding tert-OH is 1. The predicted octanol–water partition coefficient (Wildman–Crippen LogP) is 2.94. The highest BCUT2D eigenvalue weighted by Crippen LogP contribution is 2.43. The van der Waals surface area contributed by atoms with Crippen LogP contribution in [0.15, 0.2) is 53.4 Å². The number of rotatable bonds is 17. The number of aliphatic carboxylic acids is 1. The first-order chi connectivity index (χ1) is 23.0. The molecule has 0 aromatic heterocycles. The van der Waals surface area contributed by atoms with Gasteiger partial charge < -0.3 is 39.4 Å². The third-order valence-corrected chi connectivity index (χ3v) is 10.8. The van der Waals surface area contributed by atoms with Crippen molar-refractivity contribution in [1.29, 1.82) is 0 Å². The Bertz CT molecular complexity index is 1580. The molecule has 1 amide bonds.